The predicted molar refractivity (Wildman–Crippen MR) is 65.6 cm³/mol. The van der Waals surface area contributed by atoms with Gasteiger partial charge in [0, 0.05) is 24.0 Å². The molecule has 0 spiro atoms. The molecule has 1 fully saturated rings. The summed E-state index contributed by atoms with van der Waals surface area (Å²) in [5, 5.41) is 0. The fourth-order valence-electron chi connectivity index (χ4n) is 3.09. The van der Waals surface area contributed by atoms with Crippen molar-refractivity contribution in [1.29, 1.82) is 0 Å². The molecule has 1 aromatic carbocycles. The van der Waals surface area contributed by atoms with Gasteiger partial charge in [-0.05, 0) is 18.8 Å². The Hall–Kier alpha value is -1.77. The van der Waals surface area contributed by atoms with Gasteiger partial charge in [0.1, 0.15) is 5.78 Å². The van der Waals surface area contributed by atoms with Crippen LogP contribution in [-0.4, -0.2) is 17.3 Å². The normalized spacial score (nSPS) is 21.4. The lowest BCUT2D eigenvalue weighted by atomic mass is 9.77. The fraction of sp³-hybridized carbons (Fsp3) is 0.400. The van der Waals surface area contributed by atoms with Crippen molar-refractivity contribution in [2.24, 2.45) is 11.8 Å². The van der Waals surface area contributed by atoms with Crippen LogP contribution in [0.15, 0.2) is 24.3 Å². The highest BCUT2D eigenvalue weighted by molar-refractivity contribution is 6.26. The first kappa shape index (κ1) is 11.3. The average Bonchev–Trinajstić information content (AvgIpc) is 2.64. The van der Waals surface area contributed by atoms with Crippen LogP contribution < -0.4 is 0 Å². The second-order valence-electron chi connectivity index (χ2n) is 5.13. The Labute approximate surface area is 105 Å². The summed E-state index contributed by atoms with van der Waals surface area (Å²) in [4.78, 5) is 35.8. The number of Topliss-reactive ketones (excluding diaryl/α,β-unsaturated/α-hetero) is 3. The first-order valence-corrected chi connectivity index (χ1v) is 6.37. The van der Waals surface area contributed by atoms with Crippen LogP contribution in [0, 0.1) is 11.8 Å². The summed E-state index contributed by atoms with van der Waals surface area (Å²) in [5.41, 5.74) is 1.12. The number of hydrogen-bond acceptors (Lipinski definition) is 3. The van der Waals surface area contributed by atoms with E-state index in [0.717, 1.165) is 0 Å². The van der Waals surface area contributed by atoms with Crippen LogP contribution >= 0.6 is 0 Å². The number of fused-ring (bicyclic) bond motifs is 1. The molecule has 3 nitrogen and oxygen atoms in total. The van der Waals surface area contributed by atoms with Gasteiger partial charge in [-0.15, -0.1) is 0 Å². The fourth-order valence-corrected chi connectivity index (χ4v) is 3.09. The summed E-state index contributed by atoms with van der Waals surface area (Å²) in [6.45, 7) is 0. The van der Waals surface area contributed by atoms with Crippen molar-refractivity contribution < 1.29 is 14.4 Å². The topological polar surface area (TPSA) is 51.2 Å². The SMILES string of the molecule is O=C1CCC(C2C(=O)c3ccccc3C2=O)CC1. The van der Waals surface area contributed by atoms with E-state index in [0.29, 0.717) is 36.8 Å². The molecule has 0 aliphatic heterocycles. The minimum atomic E-state index is -0.532. The molecule has 0 N–H and O–H groups in total. The van der Waals surface area contributed by atoms with Crippen molar-refractivity contribution in [3.8, 4) is 0 Å². The minimum absolute atomic E-state index is 0.0463. The van der Waals surface area contributed by atoms with Gasteiger partial charge in [0.2, 0.25) is 0 Å². The summed E-state index contributed by atoms with van der Waals surface area (Å²) in [7, 11) is 0. The molecule has 3 rings (SSSR count). The van der Waals surface area contributed by atoms with Crippen molar-refractivity contribution in [2.75, 3.05) is 0 Å². The van der Waals surface area contributed by atoms with Gasteiger partial charge in [-0.3, -0.25) is 14.4 Å². The van der Waals surface area contributed by atoms with Crippen LogP contribution in [0.5, 0.6) is 0 Å². The number of carbonyl (C=O) groups is 3. The third-order valence-electron chi connectivity index (χ3n) is 4.08. The molecule has 2 aliphatic carbocycles. The molecule has 1 aromatic rings. The molecule has 0 unspecified atom stereocenters. The van der Waals surface area contributed by atoms with E-state index in [-0.39, 0.29) is 23.3 Å². The number of carbonyl (C=O) groups excluding carboxylic acids is 3. The number of benzene rings is 1. The molecule has 0 atom stereocenters. The van der Waals surface area contributed by atoms with E-state index in [4.69, 9.17) is 0 Å². The van der Waals surface area contributed by atoms with Crippen LogP contribution in [-0.2, 0) is 4.79 Å². The quantitative estimate of drug-likeness (QED) is 0.711. The monoisotopic (exact) mass is 242 g/mol. The largest absolute Gasteiger partial charge is 0.300 e. The van der Waals surface area contributed by atoms with Gasteiger partial charge < -0.3 is 0 Å². The van der Waals surface area contributed by atoms with Crippen LogP contribution in [0.25, 0.3) is 0 Å². The van der Waals surface area contributed by atoms with Gasteiger partial charge >= 0.3 is 0 Å². The lowest BCUT2D eigenvalue weighted by molar-refractivity contribution is -0.121. The van der Waals surface area contributed by atoms with Crippen molar-refractivity contribution in [1.82, 2.24) is 0 Å². The second kappa shape index (κ2) is 4.16. The van der Waals surface area contributed by atoms with Gasteiger partial charge in [-0.25, -0.2) is 0 Å². The van der Waals surface area contributed by atoms with E-state index in [1.54, 1.807) is 24.3 Å². The maximum Gasteiger partial charge on any atom is 0.174 e. The smallest absolute Gasteiger partial charge is 0.174 e. The van der Waals surface area contributed by atoms with Crippen LogP contribution in [0.4, 0.5) is 0 Å². The average molecular weight is 242 g/mol. The number of rotatable bonds is 1. The third-order valence-corrected chi connectivity index (χ3v) is 4.08. The van der Waals surface area contributed by atoms with E-state index in [1.165, 1.54) is 0 Å². The summed E-state index contributed by atoms with van der Waals surface area (Å²) in [6, 6.07) is 7.03. The molecule has 0 aromatic heterocycles. The van der Waals surface area contributed by atoms with Crippen molar-refractivity contribution in [3.05, 3.63) is 35.4 Å². The van der Waals surface area contributed by atoms with Gasteiger partial charge in [0.05, 0.1) is 5.92 Å². The van der Waals surface area contributed by atoms with E-state index < -0.39 is 5.92 Å². The molecule has 0 saturated heterocycles. The Morgan fingerprint density at radius 2 is 1.33 bits per heavy atom. The lowest BCUT2D eigenvalue weighted by Gasteiger charge is -2.24. The van der Waals surface area contributed by atoms with Crippen molar-refractivity contribution >= 4 is 17.3 Å². The molecule has 92 valence electrons. The first-order chi connectivity index (χ1) is 8.68. The molecule has 1 saturated carbocycles. The Morgan fingerprint density at radius 1 is 0.833 bits per heavy atom. The Bertz CT molecular complexity index is 499. The Kier molecular flexibility index (Phi) is 2.62. The number of hydrogen-bond donors (Lipinski definition) is 0. The van der Waals surface area contributed by atoms with Gasteiger partial charge in [0.25, 0.3) is 0 Å². The standard InChI is InChI=1S/C15H14O3/c16-10-7-5-9(6-8-10)13-14(17)11-3-1-2-4-12(11)15(13)18/h1-4,9,13H,5-8H2. The zero-order valence-electron chi connectivity index (χ0n) is 10.0. The molecular weight excluding hydrogens is 228 g/mol. The summed E-state index contributed by atoms with van der Waals surface area (Å²) >= 11 is 0. The van der Waals surface area contributed by atoms with Crippen LogP contribution in [0.1, 0.15) is 46.4 Å². The maximum absolute atomic E-state index is 12.3. The molecule has 0 heterocycles. The van der Waals surface area contributed by atoms with Gasteiger partial charge in [-0.2, -0.15) is 0 Å². The van der Waals surface area contributed by atoms with E-state index in [2.05, 4.69) is 0 Å². The molecule has 3 heteroatoms. The highest BCUT2D eigenvalue weighted by Gasteiger charge is 2.43. The van der Waals surface area contributed by atoms with Crippen molar-refractivity contribution in [3.63, 3.8) is 0 Å². The highest BCUT2D eigenvalue weighted by atomic mass is 16.2. The van der Waals surface area contributed by atoms with Crippen LogP contribution in [0.2, 0.25) is 0 Å². The van der Waals surface area contributed by atoms with E-state index in [1.807, 2.05) is 0 Å². The zero-order chi connectivity index (χ0) is 12.7. The molecular formula is C15H14O3. The summed E-state index contributed by atoms with van der Waals surface area (Å²) in [5.74, 6) is -0.322. The van der Waals surface area contributed by atoms with Crippen LogP contribution in [0.3, 0.4) is 0 Å². The van der Waals surface area contributed by atoms with E-state index in [9.17, 15) is 14.4 Å². The van der Waals surface area contributed by atoms with Gasteiger partial charge in [-0.1, -0.05) is 24.3 Å². The molecule has 0 bridgehead atoms. The highest BCUT2D eigenvalue weighted by Crippen LogP contribution is 2.37. The summed E-state index contributed by atoms with van der Waals surface area (Å²) in [6.07, 6.45) is 2.38. The number of ketones is 3. The minimum Gasteiger partial charge on any atom is -0.300 e. The lowest BCUT2D eigenvalue weighted by Crippen LogP contribution is -2.29. The summed E-state index contributed by atoms with van der Waals surface area (Å²) < 4.78 is 0. The third kappa shape index (κ3) is 1.62. The Morgan fingerprint density at radius 3 is 1.83 bits per heavy atom. The second-order valence-corrected chi connectivity index (χ2v) is 5.13. The van der Waals surface area contributed by atoms with Gasteiger partial charge in [0.15, 0.2) is 11.6 Å². The Balaban J connectivity index is 1.90. The molecule has 0 amide bonds. The maximum atomic E-state index is 12.3. The first-order valence-electron chi connectivity index (χ1n) is 6.37. The van der Waals surface area contributed by atoms with E-state index >= 15 is 0 Å². The predicted octanol–water partition coefficient (Wildman–Crippen LogP) is 2.44. The molecule has 0 radical (unpaired) electrons. The molecule has 18 heavy (non-hydrogen) atoms. The van der Waals surface area contributed by atoms with Crippen molar-refractivity contribution in [2.45, 2.75) is 25.7 Å². The molecule has 2 aliphatic rings. The zero-order valence-corrected chi connectivity index (χ0v) is 10.0.